The summed E-state index contributed by atoms with van der Waals surface area (Å²) in [6.45, 7) is 0. The number of benzene rings is 2. The van der Waals surface area contributed by atoms with Crippen LogP contribution in [0.2, 0.25) is 0 Å². The van der Waals surface area contributed by atoms with Crippen LogP contribution < -0.4 is 10.0 Å². The summed E-state index contributed by atoms with van der Waals surface area (Å²) in [7, 11) is -2.39. The summed E-state index contributed by atoms with van der Waals surface area (Å²) in [4.78, 5) is 12.1. The minimum atomic E-state index is -3.67. The van der Waals surface area contributed by atoms with Gasteiger partial charge < -0.3 is 10.4 Å². The van der Waals surface area contributed by atoms with Crippen LogP contribution in [0.5, 0.6) is 5.75 Å². The number of fused-ring (bicyclic) bond motifs is 1. The smallest absolute Gasteiger partial charge is 0.256 e. The molecule has 3 N–H and O–H groups in total. The molecule has 2 aromatic carbocycles. The molecule has 0 aliphatic carbocycles. The van der Waals surface area contributed by atoms with Gasteiger partial charge in [0.2, 0.25) is 10.0 Å². The predicted octanol–water partition coefficient (Wildman–Crippen LogP) is 1.93. The van der Waals surface area contributed by atoms with Crippen molar-refractivity contribution < 1.29 is 22.7 Å². The number of halogens is 1. The molecule has 1 heterocycles. The molecule has 0 radical (unpaired) electrons. The van der Waals surface area contributed by atoms with Crippen molar-refractivity contribution in [3.8, 4) is 5.75 Å². The first-order chi connectivity index (χ1) is 11.3. The van der Waals surface area contributed by atoms with E-state index in [4.69, 9.17) is 0 Å². The van der Waals surface area contributed by atoms with Gasteiger partial charge in [0.05, 0.1) is 4.90 Å². The van der Waals surface area contributed by atoms with Gasteiger partial charge in [-0.25, -0.2) is 17.5 Å². The molecule has 0 fully saturated rings. The SMILES string of the molecule is CNS(=O)(=O)c1ccc2c(c1)C(=Cc1cccc(F)c1O)C(=O)N2. The molecular weight excluding hydrogens is 335 g/mol. The quantitative estimate of drug-likeness (QED) is 0.739. The first-order valence-electron chi connectivity index (χ1n) is 6.92. The van der Waals surface area contributed by atoms with E-state index < -0.39 is 27.5 Å². The lowest BCUT2D eigenvalue weighted by atomic mass is 10.0. The molecule has 0 spiro atoms. The fraction of sp³-hybridized carbons (Fsp3) is 0.0625. The number of hydrogen-bond acceptors (Lipinski definition) is 4. The summed E-state index contributed by atoms with van der Waals surface area (Å²) < 4.78 is 39.5. The highest BCUT2D eigenvalue weighted by molar-refractivity contribution is 7.89. The van der Waals surface area contributed by atoms with Crippen molar-refractivity contribution in [3.05, 3.63) is 53.3 Å². The van der Waals surface area contributed by atoms with Gasteiger partial charge in [0.1, 0.15) is 0 Å². The topological polar surface area (TPSA) is 95.5 Å². The molecule has 2 aromatic rings. The standard InChI is InChI=1S/C16H13FN2O4S/c1-18-24(22,23)10-5-6-14-11(8-10)12(16(21)19-14)7-9-3-2-4-13(17)15(9)20/h2-8,18,20H,1H3,(H,19,21). The Morgan fingerprint density at radius 1 is 1.25 bits per heavy atom. The fourth-order valence-electron chi connectivity index (χ4n) is 2.40. The van der Waals surface area contributed by atoms with Gasteiger partial charge in [0.15, 0.2) is 11.6 Å². The highest BCUT2D eigenvalue weighted by Gasteiger charge is 2.26. The number of sulfonamides is 1. The van der Waals surface area contributed by atoms with E-state index in [9.17, 15) is 22.7 Å². The first kappa shape index (κ1) is 16.2. The van der Waals surface area contributed by atoms with Crippen molar-refractivity contribution in [1.82, 2.24) is 4.72 Å². The third-order valence-corrected chi connectivity index (χ3v) is 5.08. The lowest BCUT2D eigenvalue weighted by Gasteiger charge is -2.05. The Balaban J connectivity index is 2.16. The van der Waals surface area contributed by atoms with E-state index in [1.165, 1.54) is 43.5 Å². The zero-order chi connectivity index (χ0) is 17.5. The molecular formula is C16H13FN2O4S. The number of nitrogens with one attached hydrogen (secondary N) is 2. The van der Waals surface area contributed by atoms with Gasteiger partial charge in [-0.2, -0.15) is 0 Å². The zero-order valence-electron chi connectivity index (χ0n) is 12.5. The molecule has 0 atom stereocenters. The number of carbonyl (C=O) groups is 1. The summed E-state index contributed by atoms with van der Waals surface area (Å²) in [6.07, 6.45) is 1.31. The van der Waals surface area contributed by atoms with Gasteiger partial charge in [0, 0.05) is 22.4 Å². The van der Waals surface area contributed by atoms with Crippen LogP contribution >= 0.6 is 0 Å². The van der Waals surface area contributed by atoms with Crippen LogP contribution in [0.25, 0.3) is 11.6 Å². The lowest BCUT2D eigenvalue weighted by molar-refractivity contribution is -0.110. The number of anilines is 1. The normalized spacial score (nSPS) is 15.4. The van der Waals surface area contributed by atoms with Crippen LogP contribution in [0.4, 0.5) is 10.1 Å². The van der Waals surface area contributed by atoms with Crippen molar-refractivity contribution in [2.45, 2.75) is 4.90 Å². The van der Waals surface area contributed by atoms with Gasteiger partial charge in [-0.15, -0.1) is 0 Å². The van der Waals surface area contributed by atoms with Crippen molar-refractivity contribution in [2.75, 3.05) is 12.4 Å². The summed E-state index contributed by atoms with van der Waals surface area (Å²) >= 11 is 0. The second-order valence-electron chi connectivity index (χ2n) is 5.10. The molecule has 1 amide bonds. The highest BCUT2D eigenvalue weighted by atomic mass is 32.2. The van der Waals surface area contributed by atoms with Gasteiger partial charge in [0.25, 0.3) is 5.91 Å². The molecule has 124 valence electrons. The summed E-state index contributed by atoms with van der Waals surface area (Å²) in [5.41, 5.74) is 1.06. The maximum Gasteiger partial charge on any atom is 0.256 e. The molecule has 0 saturated heterocycles. The van der Waals surface area contributed by atoms with Crippen LogP contribution in [0.15, 0.2) is 41.3 Å². The predicted molar refractivity (Wildman–Crippen MR) is 87.3 cm³/mol. The first-order valence-corrected chi connectivity index (χ1v) is 8.40. The third-order valence-electron chi connectivity index (χ3n) is 3.67. The van der Waals surface area contributed by atoms with Gasteiger partial charge in [-0.05, 0) is 37.4 Å². The molecule has 3 rings (SSSR count). The fourth-order valence-corrected chi connectivity index (χ4v) is 3.16. The Kier molecular flexibility index (Phi) is 3.86. The van der Waals surface area contributed by atoms with Gasteiger partial charge >= 0.3 is 0 Å². The zero-order valence-corrected chi connectivity index (χ0v) is 13.3. The molecule has 0 unspecified atom stereocenters. The second kappa shape index (κ2) is 5.73. The largest absolute Gasteiger partial charge is 0.504 e. The van der Waals surface area contributed by atoms with Crippen molar-refractivity contribution in [3.63, 3.8) is 0 Å². The molecule has 1 aliphatic rings. The Labute approximate surface area is 137 Å². The Morgan fingerprint density at radius 3 is 2.71 bits per heavy atom. The van der Waals surface area contributed by atoms with E-state index in [1.807, 2.05) is 0 Å². The number of para-hydroxylation sites is 1. The average Bonchev–Trinajstić information content (AvgIpc) is 2.87. The summed E-state index contributed by atoms with van der Waals surface area (Å²) in [5.74, 6) is -1.85. The maximum absolute atomic E-state index is 13.4. The minimum Gasteiger partial charge on any atom is -0.504 e. The Morgan fingerprint density at radius 2 is 2.00 bits per heavy atom. The molecule has 24 heavy (non-hydrogen) atoms. The number of aromatic hydroxyl groups is 1. The van der Waals surface area contributed by atoms with E-state index in [-0.39, 0.29) is 16.0 Å². The Bertz CT molecular complexity index is 984. The maximum atomic E-state index is 13.4. The lowest BCUT2D eigenvalue weighted by Crippen LogP contribution is -2.18. The number of phenolic OH excluding ortho intramolecular Hbond substituents is 1. The third kappa shape index (κ3) is 2.66. The van der Waals surface area contributed by atoms with Crippen molar-refractivity contribution in [1.29, 1.82) is 0 Å². The monoisotopic (exact) mass is 348 g/mol. The van der Waals surface area contributed by atoms with E-state index in [1.54, 1.807) is 0 Å². The molecule has 8 heteroatoms. The Hall–Kier alpha value is -2.71. The van der Waals surface area contributed by atoms with Crippen LogP contribution in [-0.2, 0) is 14.8 Å². The van der Waals surface area contributed by atoms with Gasteiger partial charge in [-0.3, -0.25) is 4.79 Å². The second-order valence-corrected chi connectivity index (χ2v) is 6.99. The number of carbonyl (C=O) groups excluding carboxylic acids is 1. The number of amides is 1. The van der Waals surface area contributed by atoms with E-state index >= 15 is 0 Å². The van der Waals surface area contributed by atoms with E-state index in [0.29, 0.717) is 11.3 Å². The molecule has 1 aliphatic heterocycles. The summed E-state index contributed by atoms with van der Waals surface area (Å²) in [5, 5.41) is 12.4. The molecule has 0 saturated carbocycles. The number of rotatable bonds is 3. The van der Waals surface area contributed by atoms with Crippen LogP contribution in [-0.4, -0.2) is 26.5 Å². The van der Waals surface area contributed by atoms with Crippen LogP contribution in [0, 0.1) is 5.82 Å². The molecule has 6 nitrogen and oxygen atoms in total. The molecule has 0 aromatic heterocycles. The van der Waals surface area contributed by atoms with E-state index in [0.717, 1.165) is 6.07 Å². The number of hydrogen-bond donors (Lipinski definition) is 3. The average molecular weight is 348 g/mol. The van der Waals surface area contributed by atoms with Crippen LogP contribution in [0.3, 0.4) is 0 Å². The van der Waals surface area contributed by atoms with Crippen molar-refractivity contribution in [2.24, 2.45) is 0 Å². The minimum absolute atomic E-state index is 0.00499. The highest BCUT2D eigenvalue weighted by Crippen LogP contribution is 2.36. The van der Waals surface area contributed by atoms with E-state index in [2.05, 4.69) is 10.0 Å². The molecule has 0 bridgehead atoms. The summed E-state index contributed by atoms with van der Waals surface area (Å²) in [6, 6.07) is 8.14. The van der Waals surface area contributed by atoms with Crippen LogP contribution in [0.1, 0.15) is 11.1 Å². The van der Waals surface area contributed by atoms with Crippen molar-refractivity contribution >= 4 is 33.3 Å². The number of phenols is 1. The van der Waals surface area contributed by atoms with Gasteiger partial charge in [-0.1, -0.05) is 12.1 Å².